The number of hydrogen-bond acceptors (Lipinski definition) is 4. The molecule has 0 saturated heterocycles. The Labute approximate surface area is 111 Å². The van der Waals surface area contributed by atoms with Crippen molar-refractivity contribution in [1.82, 2.24) is 0 Å². The minimum atomic E-state index is -0.510. The van der Waals surface area contributed by atoms with Crippen molar-refractivity contribution in [3.05, 3.63) is 57.1 Å². The van der Waals surface area contributed by atoms with Gasteiger partial charge in [-0.2, -0.15) is 0 Å². The Kier molecular flexibility index (Phi) is 3.47. The van der Waals surface area contributed by atoms with Gasteiger partial charge in [0.2, 0.25) is 0 Å². The van der Waals surface area contributed by atoms with Crippen LogP contribution in [0, 0.1) is 10.1 Å². The molecule has 0 aromatic heterocycles. The van der Waals surface area contributed by atoms with Gasteiger partial charge in [-0.15, -0.1) is 0 Å². The first kappa shape index (κ1) is 12.4. The van der Waals surface area contributed by atoms with Crippen LogP contribution in [0.2, 0.25) is 0 Å². The van der Waals surface area contributed by atoms with Gasteiger partial charge < -0.3 is 10.5 Å². The van der Waals surface area contributed by atoms with Gasteiger partial charge in [-0.05, 0) is 18.2 Å². The second-order valence-corrected chi connectivity index (χ2v) is 4.49. The second-order valence-electron chi connectivity index (χ2n) is 3.58. The number of rotatable bonds is 3. The average Bonchev–Trinajstić information content (AvgIpc) is 2.28. The van der Waals surface area contributed by atoms with Gasteiger partial charge in [0.25, 0.3) is 5.69 Å². The zero-order valence-electron chi connectivity index (χ0n) is 9.17. The van der Waals surface area contributed by atoms with E-state index in [2.05, 4.69) is 15.9 Å². The van der Waals surface area contributed by atoms with Crippen LogP contribution in [0.4, 0.5) is 11.4 Å². The summed E-state index contributed by atoms with van der Waals surface area (Å²) in [5, 5.41) is 10.7. The molecule has 6 heteroatoms. The lowest BCUT2D eigenvalue weighted by atomic mass is 10.2. The summed E-state index contributed by atoms with van der Waals surface area (Å²) in [7, 11) is 0. The highest BCUT2D eigenvalue weighted by molar-refractivity contribution is 9.10. The Bertz CT molecular complexity index is 602. The summed E-state index contributed by atoms with van der Waals surface area (Å²) in [5.74, 6) is 0.907. The SMILES string of the molecule is Nc1cc(Oc2cccc(Br)c2)cc([N+](=O)[O-])c1. The Morgan fingerprint density at radius 1 is 1.17 bits per heavy atom. The van der Waals surface area contributed by atoms with E-state index in [4.69, 9.17) is 10.5 Å². The van der Waals surface area contributed by atoms with Gasteiger partial charge in [0, 0.05) is 22.3 Å². The molecule has 0 aliphatic carbocycles. The summed E-state index contributed by atoms with van der Waals surface area (Å²) in [6.45, 7) is 0. The number of nitro groups is 1. The van der Waals surface area contributed by atoms with Crippen molar-refractivity contribution in [1.29, 1.82) is 0 Å². The lowest BCUT2D eigenvalue weighted by Gasteiger charge is -2.06. The van der Waals surface area contributed by atoms with Crippen LogP contribution in [0.3, 0.4) is 0 Å². The Morgan fingerprint density at radius 2 is 1.94 bits per heavy atom. The van der Waals surface area contributed by atoms with Gasteiger partial charge in [0.15, 0.2) is 0 Å². The molecule has 0 spiro atoms. The van der Waals surface area contributed by atoms with E-state index in [0.29, 0.717) is 11.5 Å². The van der Waals surface area contributed by atoms with Gasteiger partial charge in [0.05, 0.1) is 11.0 Å². The molecule has 92 valence electrons. The molecule has 0 radical (unpaired) electrons. The van der Waals surface area contributed by atoms with Crippen molar-refractivity contribution in [3.63, 3.8) is 0 Å². The molecular formula is C12H9BrN2O3. The van der Waals surface area contributed by atoms with Gasteiger partial charge >= 0.3 is 0 Å². The second kappa shape index (κ2) is 5.05. The van der Waals surface area contributed by atoms with Crippen LogP contribution in [-0.4, -0.2) is 4.92 Å². The number of hydrogen-bond donors (Lipinski definition) is 1. The number of ether oxygens (including phenoxy) is 1. The standard InChI is InChI=1S/C12H9BrN2O3/c13-8-2-1-3-11(4-8)18-12-6-9(14)5-10(7-12)15(16)17/h1-7H,14H2. The minimum Gasteiger partial charge on any atom is -0.457 e. The Morgan fingerprint density at radius 3 is 2.61 bits per heavy atom. The van der Waals surface area contributed by atoms with Crippen LogP contribution in [0.25, 0.3) is 0 Å². The highest BCUT2D eigenvalue weighted by Gasteiger charge is 2.09. The van der Waals surface area contributed by atoms with Crippen molar-refractivity contribution in [2.24, 2.45) is 0 Å². The summed E-state index contributed by atoms with van der Waals surface area (Å²) in [6.07, 6.45) is 0. The monoisotopic (exact) mass is 308 g/mol. The maximum Gasteiger partial charge on any atom is 0.275 e. The lowest BCUT2D eigenvalue weighted by Crippen LogP contribution is -1.93. The summed E-state index contributed by atoms with van der Waals surface area (Å²) in [6, 6.07) is 11.3. The average molecular weight is 309 g/mol. The van der Waals surface area contributed by atoms with Crippen LogP contribution in [0.15, 0.2) is 46.9 Å². The minimum absolute atomic E-state index is 0.0972. The maximum atomic E-state index is 10.7. The van der Waals surface area contributed by atoms with E-state index < -0.39 is 4.92 Å². The first-order valence-corrected chi connectivity index (χ1v) is 5.82. The van der Waals surface area contributed by atoms with E-state index in [0.717, 1.165) is 4.47 Å². The smallest absolute Gasteiger partial charge is 0.275 e. The molecule has 2 rings (SSSR count). The predicted octanol–water partition coefficient (Wildman–Crippen LogP) is 3.73. The molecule has 0 saturated carbocycles. The molecule has 2 N–H and O–H groups in total. The number of benzene rings is 2. The van der Waals surface area contributed by atoms with Crippen LogP contribution in [0.5, 0.6) is 11.5 Å². The largest absolute Gasteiger partial charge is 0.457 e. The summed E-state index contributed by atoms with van der Waals surface area (Å²) in [5.41, 5.74) is 5.78. The predicted molar refractivity (Wildman–Crippen MR) is 71.7 cm³/mol. The third-order valence-electron chi connectivity index (χ3n) is 2.16. The highest BCUT2D eigenvalue weighted by atomic mass is 79.9. The number of nitrogen functional groups attached to an aromatic ring is 1. The van der Waals surface area contributed by atoms with E-state index in [1.165, 1.54) is 18.2 Å². The van der Waals surface area contributed by atoms with E-state index in [-0.39, 0.29) is 11.4 Å². The maximum absolute atomic E-state index is 10.7. The topological polar surface area (TPSA) is 78.4 Å². The molecule has 0 aliphatic heterocycles. The van der Waals surface area contributed by atoms with Gasteiger partial charge in [-0.25, -0.2) is 0 Å². The third-order valence-corrected chi connectivity index (χ3v) is 2.65. The van der Waals surface area contributed by atoms with Crippen LogP contribution in [-0.2, 0) is 0 Å². The van der Waals surface area contributed by atoms with Crippen LogP contribution >= 0.6 is 15.9 Å². The lowest BCUT2D eigenvalue weighted by molar-refractivity contribution is -0.384. The fourth-order valence-corrected chi connectivity index (χ4v) is 1.81. The number of nitrogens with zero attached hydrogens (tertiary/aromatic N) is 1. The van der Waals surface area contributed by atoms with Crippen LogP contribution in [0.1, 0.15) is 0 Å². The van der Waals surface area contributed by atoms with Gasteiger partial charge in [-0.3, -0.25) is 10.1 Å². The van der Waals surface area contributed by atoms with Crippen molar-refractivity contribution < 1.29 is 9.66 Å². The van der Waals surface area contributed by atoms with E-state index in [9.17, 15) is 10.1 Å². The van der Waals surface area contributed by atoms with Crippen LogP contribution < -0.4 is 10.5 Å². The molecule has 5 nitrogen and oxygen atoms in total. The molecule has 0 amide bonds. The molecular weight excluding hydrogens is 300 g/mol. The number of halogens is 1. The van der Waals surface area contributed by atoms with E-state index in [1.807, 2.05) is 6.07 Å². The third kappa shape index (κ3) is 2.98. The van der Waals surface area contributed by atoms with Crippen molar-refractivity contribution in [3.8, 4) is 11.5 Å². The molecule has 0 atom stereocenters. The molecule has 0 unspecified atom stereocenters. The molecule has 0 fully saturated rings. The van der Waals surface area contributed by atoms with Crippen molar-refractivity contribution >= 4 is 27.3 Å². The fourth-order valence-electron chi connectivity index (χ4n) is 1.44. The number of nitrogens with two attached hydrogens (primary N) is 1. The zero-order valence-corrected chi connectivity index (χ0v) is 10.8. The molecule has 2 aromatic rings. The van der Waals surface area contributed by atoms with Crippen molar-refractivity contribution in [2.45, 2.75) is 0 Å². The quantitative estimate of drug-likeness (QED) is 0.532. The highest BCUT2D eigenvalue weighted by Crippen LogP contribution is 2.29. The van der Waals surface area contributed by atoms with Gasteiger partial charge in [-0.1, -0.05) is 22.0 Å². The summed E-state index contributed by atoms with van der Waals surface area (Å²) < 4.78 is 6.38. The molecule has 0 aliphatic rings. The Hall–Kier alpha value is -2.08. The van der Waals surface area contributed by atoms with E-state index in [1.54, 1.807) is 18.2 Å². The fraction of sp³-hybridized carbons (Fsp3) is 0. The first-order chi connectivity index (χ1) is 8.54. The molecule has 0 heterocycles. The molecule has 2 aromatic carbocycles. The zero-order chi connectivity index (χ0) is 13.1. The summed E-state index contributed by atoms with van der Waals surface area (Å²) >= 11 is 3.31. The Balaban J connectivity index is 2.31. The van der Waals surface area contributed by atoms with E-state index >= 15 is 0 Å². The number of nitro benzene ring substituents is 1. The van der Waals surface area contributed by atoms with Crippen molar-refractivity contribution in [2.75, 3.05) is 5.73 Å². The number of anilines is 1. The summed E-state index contributed by atoms with van der Waals surface area (Å²) in [4.78, 5) is 10.2. The number of non-ortho nitro benzene ring substituents is 1. The normalized spacial score (nSPS) is 10.1. The molecule has 18 heavy (non-hydrogen) atoms. The van der Waals surface area contributed by atoms with Gasteiger partial charge in [0.1, 0.15) is 11.5 Å². The first-order valence-electron chi connectivity index (χ1n) is 5.03. The molecule has 0 bridgehead atoms.